The topological polar surface area (TPSA) is 75.4 Å². The van der Waals surface area contributed by atoms with E-state index in [0.717, 1.165) is 12.1 Å². The normalized spacial score (nSPS) is 19.7. The summed E-state index contributed by atoms with van der Waals surface area (Å²) in [6.07, 6.45) is -3.05. The molecule has 2 atom stereocenters. The number of alkyl halides is 3. The van der Waals surface area contributed by atoms with Gasteiger partial charge in [0.05, 0.1) is 17.5 Å². The van der Waals surface area contributed by atoms with Crippen LogP contribution in [0.5, 0.6) is 0 Å². The maximum Gasteiger partial charge on any atom is 0.416 e. The smallest absolute Gasteiger partial charge is 0.351 e. The molecule has 1 fully saturated rings. The van der Waals surface area contributed by atoms with Crippen LogP contribution < -0.4 is 11.1 Å². The number of rotatable bonds is 3. The van der Waals surface area contributed by atoms with Gasteiger partial charge >= 0.3 is 12.2 Å². The van der Waals surface area contributed by atoms with Crippen LogP contribution in [0.25, 0.3) is 0 Å². The van der Waals surface area contributed by atoms with Gasteiger partial charge < -0.3 is 16.0 Å². The van der Waals surface area contributed by atoms with Gasteiger partial charge in [-0.3, -0.25) is 4.79 Å². The second-order valence-corrected chi connectivity index (χ2v) is 5.97. The summed E-state index contributed by atoms with van der Waals surface area (Å²) in [4.78, 5) is 24.9. The summed E-state index contributed by atoms with van der Waals surface area (Å²) in [5.74, 6) is -0.587. The fourth-order valence-electron chi connectivity index (χ4n) is 2.77. The van der Waals surface area contributed by atoms with E-state index in [0.29, 0.717) is 24.9 Å². The van der Waals surface area contributed by atoms with E-state index >= 15 is 0 Å². The van der Waals surface area contributed by atoms with E-state index in [1.807, 2.05) is 0 Å². The Balaban J connectivity index is 1.97. The van der Waals surface area contributed by atoms with Gasteiger partial charge in [-0.1, -0.05) is 12.1 Å². The molecule has 0 spiro atoms. The Morgan fingerprint density at radius 3 is 2.46 bits per heavy atom. The monoisotopic (exact) mass is 343 g/mol. The molecule has 3 N–H and O–H groups in total. The van der Waals surface area contributed by atoms with Crippen LogP contribution in [0.3, 0.4) is 0 Å². The minimum Gasteiger partial charge on any atom is -0.351 e. The summed E-state index contributed by atoms with van der Waals surface area (Å²) in [7, 11) is 0. The first-order chi connectivity index (χ1) is 11.2. The molecule has 0 aliphatic carbocycles. The minimum atomic E-state index is -4.38. The minimum absolute atomic E-state index is 0.228. The first-order valence-electron chi connectivity index (χ1n) is 7.70. The van der Waals surface area contributed by atoms with Gasteiger partial charge in [0.15, 0.2) is 0 Å². The Hall–Kier alpha value is -2.25. The fraction of sp³-hybridized carbons (Fsp3) is 0.500. The zero-order chi connectivity index (χ0) is 17.9. The van der Waals surface area contributed by atoms with Crippen LogP contribution in [0, 0.1) is 5.92 Å². The summed E-state index contributed by atoms with van der Waals surface area (Å²) < 4.78 is 37.7. The number of piperidine rings is 1. The van der Waals surface area contributed by atoms with Gasteiger partial charge in [0.1, 0.15) is 0 Å². The average molecular weight is 343 g/mol. The quantitative estimate of drug-likeness (QED) is 0.885. The molecular formula is C16H20F3N3O2. The highest BCUT2D eigenvalue weighted by Gasteiger charge is 2.31. The standard InChI is InChI=1S/C16H20F3N3O2/c1-10(11-4-6-13(7-5-11)16(17,18)19)21-14(23)12-3-2-8-22(9-12)15(20)24/h4-7,10,12H,2-3,8-9H2,1H3,(H2,20,24)(H,21,23)/t10-,12+/m1/s1. The molecule has 0 bridgehead atoms. The number of nitrogens with two attached hydrogens (primary N) is 1. The van der Waals surface area contributed by atoms with Crippen molar-refractivity contribution in [3.63, 3.8) is 0 Å². The van der Waals surface area contributed by atoms with Crippen LogP contribution in [0.1, 0.15) is 36.9 Å². The van der Waals surface area contributed by atoms with E-state index in [1.165, 1.54) is 17.0 Å². The van der Waals surface area contributed by atoms with Gasteiger partial charge in [0, 0.05) is 13.1 Å². The second kappa shape index (κ2) is 7.11. The van der Waals surface area contributed by atoms with E-state index in [-0.39, 0.29) is 18.4 Å². The molecule has 1 aromatic carbocycles. The highest BCUT2D eigenvalue weighted by molar-refractivity contribution is 5.80. The summed E-state index contributed by atoms with van der Waals surface area (Å²) in [6.45, 7) is 2.50. The van der Waals surface area contributed by atoms with Gasteiger partial charge in [0.2, 0.25) is 5.91 Å². The van der Waals surface area contributed by atoms with Crippen molar-refractivity contribution in [2.75, 3.05) is 13.1 Å². The first-order valence-corrected chi connectivity index (χ1v) is 7.70. The van der Waals surface area contributed by atoms with Crippen molar-refractivity contribution in [3.8, 4) is 0 Å². The number of hydrogen-bond donors (Lipinski definition) is 2. The molecule has 8 heteroatoms. The molecule has 1 aliphatic heterocycles. The lowest BCUT2D eigenvalue weighted by molar-refractivity contribution is -0.137. The highest BCUT2D eigenvalue weighted by Crippen LogP contribution is 2.30. The molecule has 1 aromatic rings. The third kappa shape index (κ3) is 4.39. The van der Waals surface area contributed by atoms with Gasteiger partial charge in [0.25, 0.3) is 0 Å². The number of hydrogen-bond acceptors (Lipinski definition) is 2. The number of primary amides is 1. The average Bonchev–Trinajstić information content (AvgIpc) is 2.54. The lowest BCUT2D eigenvalue weighted by Crippen LogP contribution is -2.47. The summed E-state index contributed by atoms with van der Waals surface area (Å²) >= 11 is 0. The third-order valence-electron chi connectivity index (χ3n) is 4.20. The Kier molecular flexibility index (Phi) is 5.36. The van der Waals surface area contributed by atoms with Gasteiger partial charge in [-0.05, 0) is 37.5 Å². The maximum absolute atomic E-state index is 12.6. The van der Waals surface area contributed by atoms with Crippen molar-refractivity contribution in [1.29, 1.82) is 0 Å². The van der Waals surface area contributed by atoms with Gasteiger partial charge in [-0.15, -0.1) is 0 Å². The molecule has 1 heterocycles. The SMILES string of the molecule is C[C@@H](NC(=O)[C@H]1CCCN(C(N)=O)C1)c1ccc(C(F)(F)F)cc1. The molecule has 0 saturated carbocycles. The summed E-state index contributed by atoms with van der Waals surface area (Å²) in [5, 5.41) is 2.78. The zero-order valence-corrected chi connectivity index (χ0v) is 13.3. The molecule has 5 nitrogen and oxygen atoms in total. The molecule has 24 heavy (non-hydrogen) atoms. The number of likely N-dealkylation sites (tertiary alicyclic amines) is 1. The van der Waals surface area contributed by atoms with Crippen LogP contribution in [0.4, 0.5) is 18.0 Å². The van der Waals surface area contributed by atoms with Crippen LogP contribution in [-0.4, -0.2) is 29.9 Å². The molecule has 1 aliphatic rings. The van der Waals surface area contributed by atoms with Crippen molar-refractivity contribution in [3.05, 3.63) is 35.4 Å². The number of nitrogens with zero attached hydrogens (tertiary/aromatic N) is 1. The Labute approximate surface area is 138 Å². The number of amides is 3. The molecule has 0 radical (unpaired) electrons. The zero-order valence-electron chi connectivity index (χ0n) is 13.3. The van der Waals surface area contributed by atoms with Crippen LogP contribution in [0.15, 0.2) is 24.3 Å². The lowest BCUT2D eigenvalue weighted by Gasteiger charge is -2.31. The third-order valence-corrected chi connectivity index (χ3v) is 4.20. The molecule has 1 saturated heterocycles. The second-order valence-electron chi connectivity index (χ2n) is 5.97. The number of halogens is 3. The number of carbonyl (C=O) groups is 2. The molecule has 2 rings (SSSR count). The number of benzene rings is 1. The van der Waals surface area contributed by atoms with Crippen molar-refractivity contribution in [2.24, 2.45) is 11.7 Å². The largest absolute Gasteiger partial charge is 0.416 e. The van der Waals surface area contributed by atoms with Gasteiger partial charge in [-0.2, -0.15) is 13.2 Å². The van der Waals surface area contributed by atoms with E-state index in [9.17, 15) is 22.8 Å². The van der Waals surface area contributed by atoms with E-state index in [1.54, 1.807) is 6.92 Å². The molecule has 0 aromatic heterocycles. The fourth-order valence-corrected chi connectivity index (χ4v) is 2.77. The molecule has 0 unspecified atom stereocenters. The lowest BCUT2D eigenvalue weighted by atomic mass is 9.96. The highest BCUT2D eigenvalue weighted by atomic mass is 19.4. The van der Waals surface area contributed by atoms with E-state index < -0.39 is 23.8 Å². The van der Waals surface area contributed by atoms with Crippen molar-refractivity contribution in [1.82, 2.24) is 10.2 Å². The predicted molar refractivity (Wildman–Crippen MR) is 81.9 cm³/mol. The van der Waals surface area contributed by atoms with Crippen LogP contribution in [0.2, 0.25) is 0 Å². The molecule has 132 valence electrons. The number of nitrogens with one attached hydrogen (secondary N) is 1. The van der Waals surface area contributed by atoms with Crippen molar-refractivity contribution in [2.45, 2.75) is 32.0 Å². The van der Waals surface area contributed by atoms with Crippen molar-refractivity contribution >= 4 is 11.9 Å². The number of urea groups is 1. The number of carbonyl (C=O) groups excluding carboxylic acids is 2. The first kappa shape index (κ1) is 18.1. The van der Waals surface area contributed by atoms with Crippen LogP contribution >= 0.6 is 0 Å². The summed E-state index contributed by atoms with van der Waals surface area (Å²) in [6, 6.07) is 3.71. The Morgan fingerprint density at radius 2 is 1.92 bits per heavy atom. The maximum atomic E-state index is 12.6. The molecule has 3 amide bonds. The van der Waals surface area contributed by atoms with E-state index in [4.69, 9.17) is 5.73 Å². The van der Waals surface area contributed by atoms with Gasteiger partial charge in [-0.25, -0.2) is 4.79 Å². The Bertz CT molecular complexity index is 602. The Morgan fingerprint density at radius 1 is 1.29 bits per heavy atom. The van der Waals surface area contributed by atoms with Crippen LogP contribution in [-0.2, 0) is 11.0 Å². The van der Waals surface area contributed by atoms with Crippen molar-refractivity contribution < 1.29 is 22.8 Å². The van der Waals surface area contributed by atoms with E-state index in [2.05, 4.69) is 5.32 Å². The summed E-state index contributed by atoms with van der Waals surface area (Å²) in [5.41, 5.74) is 5.09. The molecular weight excluding hydrogens is 323 g/mol. The predicted octanol–water partition coefficient (Wildman–Crippen LogP) is 2.67.